The number of methoxy groups -OCH3 is 2. The molecule has 3 rings (SSSR count). The summed E-state index contributed by atoms with van der Waals surface area (Å²) in [5.74, 6) is -0.157. The van der Waals surface area contributed by atoms with Crippen molar-refractivity contribution in [2.24, 2.45) is 0 Å². The Morgan fingerprint density at radius 3 is 1.97 bits per heavy atom. The van der Waals surface area contributed by atoms with Gasteiger partial charge in [-0.15, -0.1) is 0 Å². The van der Waals surface area contributed by atoms with Crippen LogP contribution in [0, 0.1) is 5.82 Å². The van der Waals surface area contributed by atoms with Crippen LogP contribution >= 0.6 is 0 Å². The van der Waals surface area contributed by atoms with Gasteiger partial charge in [-0.3, -0.25) is 4.79 Å². The fourth-order valence-electron chi connectivity index (χ4n) is 3.49. The number of amides is 1. The Kier molecular flexibility index (Phi) is 8.20. The van der Waals surface area contributed by atoms with Gasteiger partial charge < -0.3 is 19.1 Å². The van der Waals surface area contributed by atoms with Gasteiger partial charge in [-0.2, -0.15) is 0 Å². The summed E-state index contributed by atoms with van der Waals surface area (Å²) >= 11 is 0. The van der Waals surface area contributed by atoms with Gasteiger partial charge in [0.1, 0.15) is 11.6 Å². The van der Waals surface area contributed by atoms with Gasteiger partial charge in [0.25, 0.3) is 5.91 Å². The van der Waals surface area contributed by atoms with E-state index in [0.717, 1.165) is 22.4 Å². The molecule has 3 aromatic carbocycles. The van der Waals surface area contributed by atoms with E-state index in [2.05, 4.69) is 12.1 Å². The van der Waals surface area contributed by atoms with Crippen LogP contribution in [0.2, 0.25) is 0 Å². The van der Waals surface area contributed by atoms with E-state index in [1.165, 1.54) is 24.3 Å². The number of carbonyl (C=O) groups is 1. The molecule has 0 unspecified atom stereocenters. The lowest BCUT2D eigenvalue weighted by atomic mass is 10.0. The zero-order valence-electron chi connectivity index (χ0n) is 19.5. The molecule has 0 N–H and O–H groups in total. The van der Waals surface area contributed by atoms with Crippen molar-refractivity contribution in [1.82, 2.24) is 0 Å². The van der Waals surface area contributed by atoms with Crippen molar-refractivity contribution in [3.63, 3.8) is 0 Å². The highest BCUT2D eigenvalue weighted by atomic mass is 19.1. The second kappa shape index (κ2) is 11.1. The maximum Gasteiger partial charge on any atom is 0.270 e. The average Bonchev–Trinajstić information content (AvgIpc) is 2.82. The second-order valence-electron chi connectivity index (χ2n) is 8.19. The van der Waals surface area contributed by atoms with E-state index in [4.69, 9.17) is 14.2 Å². The minimum absolute atomic E-state index is 0.222. The van der Waals surface area contributed by atoms with Crippen LogP contribution in [0.1, 0.15) is 19.4 Å². The number of anilines is 1. The Bertz CT molecular complexity index is 1030. The van der Waals surface area contributed by atoms with Gasteiger partial charge in [0.05, 0.1) is 13.2 Å². The third-order valence-electron chi connectivity index (χ3n) is 5.24. The first-order valence-corrected chi connectivity index (χ1v) is 10.8. The van der Waals surface area contributed by atoms with Crippen LogP contribution in [-0.2, 0) is 20.9 Å². The number of nitrogens with zero attached hydrogens (tertiary/aromatic N) is 1. The third kappa shape index (κ3) is 6.40. The summed E-state index contributed by atoms with van der Waals surface area (Å²) in [6, 6.07) is 21.6. The molecule has 0 aliphatic rings. The maximum atomic E-state index is 13.5. The number of benzene rings is 3. The molecule has 0 fully saturated rings. The molecule has 174 valence electrons. The molecule has 5 nitrogen and oxygen atoms in total. The van der Waals surface area contributed by atoms with E-state index in [1.54, 1.807) is 33.0 Å². The Morgan fingerprint density at radius 1 is 0.848 bits per heavy atom. The van der Waals surface area contributed by atoms with Crippen LogP contribution in [-0.4, -0.2) is 38.9 Å². The van der Waals surface area contributed by atoms with Crippen molar-refractivity contribution in [3.05, 3.63) is 84.2 Å². The maximum absolute atomic E-state index is 13.5. The molecule has 0 aliphatic carbocycles. The molecule has 1 amide bonds. The molecule has 0 saturated heterocycles. The fourth-order valence-corrected chi connectivity index (χ4v) is 3.49. The van der Waals surface area contributed by atoms with E-state index in [1.807, 2.05) is 36.4 Å². The topological polar surface area (TPSA) is 48.0 Å². The first kappa shape index (κ1) is 24.4. The predicted molar refractivity (Wildman–Crippen MR) is 128 cm³/mol. The molecule has 0 aromatic heterocycles. The first-order valence-electron chi connectivity index (χ1n) is 10.8. The van der Waals surface area contributed by atoms with Gasteiger partial charge in [-0.1, -0.05) is 36.4 Å². The summed E-state index contributed by atoms with van der Waals surface area (Å²) in [5, 5.41) is 0. The molecule has 0 heterocycles. The van der Waals surface area contributed by atoms with Gasteiger partial charge in [-0.25, -0.2) is 4.39 Å². The lowest BCUT2D eigenvalue weighted by Gasteiger charge is -2.32. The summed E-state index contributed by atoms with van der Waals surface area (Å²) in [6.07, 6.45) is 0. The summed E-state index contributed by atoms with van der Waals surface area (Å²) < 4.78 is 29.5. The first-order chi connectivity index (χ1) is 15.8. The molecule has 33 heavy (non-hydrogen) atoms. The molecule has 0 radical (unpaired) electrons. The largest absolute Gasteiger partial charge is 0.478 e. The van der Waals surface area contributed by atoms with Gasteiger partial charge in [-0.05, 0) is 66.9 Å². The van der Waals surface area contributed by atoms with E-state index in [9.17, 15) is 9.18 Å². The molecule has 0 atom stereocenters. The van der Waals surface area contributed by atoms with Crippen molar-refractivity contribution < 1.29 is 23.4 Å². The lowest BCUT2D eigenvalue weighted by molar-refractivity contribution is -0.131. The van der Waals surface area contributed by atoms with Crippen molar-refractivity contribution in [1.29, 1.82) is 0 Å². The number of halogens is 1. The van der Waals surface area contributed by atoms with E-state index >= 15 is 0 Å². The highest BCUT2D eigenvalue weighted by Gasteiger charge is 2.35. The van der Waals surface area contributed by atoms with Crippen LogP contribution < -0.4 is 9.64 Å². The van der Waals surface area contributed by atoms with E-state index < -0.39 is 5.60 Å². The Morgan fingerprint density at radius 2 is 1.42 bits per heavy atom. The standard InChI is InChI=1S/C27H30FNO4/c1-27(2,33-25-15-11-23(28)12-16-25)26(30)29(17-18-31-3)24-13-9-22(10-14-24)21-7-5-20(6-8-21)19-32-4/h5-16H,17-19H2,1-4H3. The molecule has 0 bridgehead atoms. The van der Waals surface area contributed by atoms with Crippen LogP contribution in [0.4, 0.5) is 10.1 Å². The van der Waals surface area contributed by atoms with Crippen LogP contribution in [0.3, 0.4) is 0 Å². The Hall–Kier alpha value is -3.22. The average molecular weight is 452 g/mol. The van der Waals surface area contributed by atoms with Crippen molar-refractivity contribution >= 4 is 11.6 Å². The third-order valence-corrected chi connectivity index (χ3v) is 5.24. The SMILES string of the molecule is COCCN(C(=O)C(C)(C)Oc1ccc(F)cc1)c1ccc(-c2ccc(COC)cc2)cc1. The Labute approximate surface area is 194 Å². The molecule has 3 aromatic rings. The summed E-state index contributed by atoms with van der Waals surface area (Å²) in [7, 11) is 3.27. The second-order valence-corrected chi connectivity index (χ2v) is 8.19. The molecule has 6 heteroatoms. The van der Waals surface area contributed by atoms with Crippen molar-refractivity contribution in [2.75, 3.05) is 32.3 Å². The minimum atomic E-state index is -1.17. The van der Waals surface area contributed by atoms with E-state index in [-0.39, 0.29) is 11.7 Å². The lowest BCUT2D eigenvalue weighted by Crippen LogP contribution is -2.50. The van der Waals surface area contributed by atoms with Crippen molar-refractivity contribution in [3.8, 4) is 16.9 Å². The molecular formula is C27H30FNO4. The monoisotopic (exact) mass is 451 g/mol. The molecule has 0 spiro atoms. The van der Waals surface area contributed by atoms with Gasteiger partial charge >= 0.3 is 0 Å². The van der Waals surface area contributed by atoms with Crippen LogP contribution in [0.5, 0.6) is 5.75 Å². The number of hydrogen-bond donors (Lipinski definition) is 0. The normalized spacial score (nSPS) is 11.3. The van der Waals surface area contributed by atoms with Crippen LogP contribution in [0.15, 0.2) is 72.8 Å². The number of ether oxygens (including phenoxy) is 3. The van der Waals surface area contributed by atoms with Gasteiger partial charge in [0.15, 0.2) is 5.60 Å². The number of hydrogen-bond acceptors (Lipinski definition) is 4. The highest BCUT2D eigenvalue weighted by Crippen LogP contribution is 2.27. The molecular weight excluding hydrogens is 421 g/mol. The van der Waals surface area contributed by atoms with Crippen LogP contribution in [0.25, 0.3) is 11.1 Å². The predicted octanol–water partition coefficient (Wildman–Crippen LogP) is 5.48. The van der Waals surface area contributed by atoms with E-state index in [0.29, 0.717) is 25.5 Å². The Balaban J connectivity index is 1.80. The molecule has 0 saturated carbocycles. The minimum Gasteiger partial charge on any atom is -0.478 e. The molecule has 0 aliphatic heterocycles. The summed E-state index contributed by atoms with van der Waals surface area (Å²) in [6.45, 7) is 4.73. The van der Waals surface area contributed by atoms with Gasteiger partial charge in [0.2, 0.25) is 0 Å². The summed E-state index contributed by atoms with van der Waals surface area (Å²) in [4.78, 5) is 15.1. The van der Waals surface area contributed by atoms with Gasteiger partial charge in [0, 0.05) is 26.5 Å². The quantitative estimate of drug-likeness (QED) is 0.410. The highest BCUT2D eigenvalue weighted by molar-refractivity contribution is 5.99. The fraction of sp³-hybridized carbons (Fsp3) is 0.296. The van der Waals surface area contributed by atoms with Crippen molar-refractivity contribution in [2.45, 2.75) is 26.1 Å². The smallest absolute Gasteiger partial charge is 0.270 e. The zero-order chi connectivity index (χ0) is 23.8. The zero-order valence-corrected chi connectivity index (χ0v) is 19.5. The number of carbonyl (C=O) groups excluding carboxylic acids is 1. The summed E-state index contributed by atoms with van der Waals surface area (Å²) in [5.41, 5.74) is 2.81. The number of rotatable bonds is 10.